The van der Waals surface area contributed by atoms with E-state index in [1.165, 1.54) is 0 Å². The fraction of sp³-hybridized carbons (Fsp3) is 0.261. The van der Waals surface area contributed by atoms with Crippen LogP contribution in [-0.2, 0) is 4.79 Å². The molecule has 0 fully saturated rings. The Morgan fingerprint density at radius 1 is 0.962 bits per heavy atom. The Morgan fingerprint density at radius 2 is 1.65 bits per heavy atom. The Morgan fingerprint density at radius 3 is 2.46 bits per heavy atom. The summed E-state index contributed by atoms with van der Waals surface area (Å²) in [6.45, 7) is 6.10. The number of carbonyl (C=O) groups excluding carboxylic acids is 1. The molecule has 2 atom stereocenters. The number of ether oxygens (including phenoxy) is 1. The van der Waals surface area contributed by atoms with Crippen LogP contribution in [0.2, 0.25) is 0 Å². The maximum absolute atomic E-state index is 12.7. The minimum atomic E-state index is -0.592. The summed E-state index contributed by atoms with van der Waals surface area (Å²) < 4.78 is 5.98. The van der Waals surface area contributed by atoms with Crippen molar-refractivity contribution in [2.75, 3.05) is 5.32 Å². The van der Waals surface area contributed by atoms with Gasteiger partial charge in [-0.3, -0.25) is 4.79 Å². The van der Waals surface area contributed by atoms with Crippen LogP contribution in [0.25, 0.3) is 10.8 Å². The highest BCUT2D eigenvalue weighted by Gasteiger charge is 2.18. The predicted molar refractivity (Wildman–Crippen MR) is 108 cm³/mol. The zero-order valence-electron chi connectivity index (χ0n) is 15.5. The molecule has 1 amide bonds. The van der Waals surface area contributed by atoms with Crippen molar-refractivity contribution < 1.29 is 9.53 Å². The van der Waals surface area contributed by atoms with E-state index in [9.17, 15) is 4.79 Å². The van der Waals surface area contributed by atoms with Crippen molar-refractivity contribution >= 4 is 22.4 Å². The summed E-state index contributed by atoms with van der Waals surface area (Å²) in [4.78, 5) is 12.7. The number of hydrogen-bond donors (Lipinski definition) is 1. The Balaban J connectivity index is 1.77. The molecule has 0 unspecified atom stereocenters. The van der Waals surface area contributed by atoms with Crippen molar-refractivity contribution in [2.45, 2.75) is 39.2 Å². The molecule has 0 aromatic heterocycles. The maximum atomic E-state index is 12.7. The maximum Gasteiger partial charge on any atom is 0.265 e. The smallest absolute Gasteiger partial charge is 0.265 e. The Bertz CT molecular complexity index is 898. The van der Waals surface area contributed by atoms with Gasteiger partial charge in [0.05, 0.1) is 0 Å². The van der Waals surface area contributed by atoms with Gasteiger partial charge in [0.15, 0.2) is 6.10 Å². The van der Waals surface area contributed by atoms with Crippen LogP contribution in [-0.4, -0.2) is 12.0 Å². The van der Waals surface area contributed by atoms with Crippen molar-refractivity contribution in [1.82, 2.24) is 0 Å². The number of hydrogen-bond acceptors (Lipinski definition) is 2. The van der Waals surface area contributed by atoms with Crippen molar-refractivity contribution in [1.29, 1.82) is 0 Å². The first-order valence-electron chi connectivity index (χ1n) is 9.14. The van der Waals surface area contributed by atoms with Gasteiger partial charge in [0.25, 0.3) is 5.91 Å². The molecule has 0 saturated carbocycles. The number of fused-ring (bicyclic) bond motifs is 1. The molecule has 3 aromatic rings. The molecule has 3 heteroatoms. The normalized spacial score (nSPS) is 13.2. The van der Waals surface area contributed by atoms with Gasteiger partial charge in [-0.15, -0.1) is 0 Å². The lowest BCUT2D eigenvalue weighted by atomic mass is 9.97. The van der Waals surface area contributed by atoms with Gasteiger partial charge in [-0.1, -0.05) is 68.4 Å². The molecule has 0 bridgehead atoms. The standard InChI is InChI=1S/C23H25NO2/c1-4-16(2)19-12-7-8-14-21(19)24-23(25)17(3)26-22-15-9-11-18-10-5-6-13-20(18)22/h5-17H,4H2,1-3H3,(H,24,25)/t16-,17+/m0/s1. The summed E-state index contributed by atoms with van der Waals surface area (Å²) in [5.74, 6) is 0.968. The number of carbonyl (C=O) groups is 1. The highest BCUT2D eigenvalue weighted by Crippen LogP contribution is 2.28. The zero-order chi connectivity index (χ0) is 18.5. The number of para-hydroxylation sites is 1. The highest BCUT2D eigenvalue weighted by molar-refractivity contribution is 5.95. The van der Waals surface area contributed by atoms with E-state index < -0.39 is 6.10 Å². The molecule has 0 spiro atoms. The second-order valence-corrected chi connectivity index (χ2v) is 6.62. The van der Waals surface area contributed by atoms with Gasteiger partial charge in [-0.05, 0) is 42.3 Å². The Kier molecular flexibility index (Phi) is 5.57. The van der Waals surface area contributed by atoms with Crippen LogP contribution in [0.5, 0.6) is 5.75 Å². The lowest BCUT2D eigenvalue weighted by molar-refractivity contribution is -0.122. The predicted octanol–water partition coefficient (Wildman–Crippen LogP) is 5.76. The zero-order valence-corrected chi connectivity index (χ0v) is 15.5. The Labute approximate surface area is 155 Å². The molecule has 0 aliphatic carbocycles. The molecule has 0 heterocycles. The third-order valence-corrected chi connectivity index (χ3v) is 4.78. The van der Waals surface area contributed by atoms with Gasteiger partial charge < -0.3 is 10.1 Å². The van der Waals surface area contributed by atoms with Crippen molar-refractivity contribution in [3.8, 4) is 5.75 Å². The van der Waals surface area contributed by atoms with Gasteiger partial charge in [0.1, 0.15) is 5.75 Å². The number of anilines is 1. The van der Waals surface area contributed by atoms with Crippen LogP contribution in [0, 0.1) is 0 Å². The molecule has 0 aliphatic heterocycles. The quantitative estimate of drug-likeness (QED) is 0.616. The summed E-state index contributed by atoms with van der Waals surface area (Å²) in [6.07, 6.45) is 0.431. The average molecular weight is 347 g/mol. The second kappa shape index (κ2) is 8.05. The topological polar surface area (TPSA) is 38.3 Å². The van der Waals surface area contributed by atoms with Gasteiger partial charge in [0, 0.05) is 11.1 Å². The molecule has 0 aliphatic rings. The number of rotatable bonds is 6. The molecular weight excluding hydrogens is 322 g/mol. The molecule has 3 aromatic carbocycles. The van der Waals surface area contributed by atoms with Crippen LogP contribution in [0.4, 0.5) is 5.69 Å². The van der Waals surface area contributed by atoms with Crippen LogP contribution in [0.3, 0.4) is 0 Å². The number of amides is 1. The molecule has 1 N–H and O–H groups in total. The van der Waals surface area contributed by atoms with E-state index >= 15 is 0 Å². The fourth-order valence-corrected chi connectivity index (χ4v) is 3.04. The first-order chi connectivity index (χ1) is 12.6. The van der Waals surface area contributed by atoms with Crippen molar-refractivity contribution in [2.24, 2.45) is 0 Å². The van der Waals surface area contributed by atoms with Crippen LogP contribution in [0.15, 0.2) is 66.7 Å². The SMILES string of the molecule is CC[C@H](C)c1ccccc1NC(=O)[C@@H](C)Oc1cccc2ccccc12. The van der Waals surface area contributed by atoms with Crippen LogP contribution < -0.4 is 10.1 Å². The summed E-state index contributed by atoms with van der Waals surface area (Å²) >= 11 is 0. The largest absolute Gasteiger partial charge is 0.480 e. The molecular formula is C23H25NO2. The van der Waals surface area contributed by atoms with Crippen LogP contribution >= 0.6 is 0 Å². The molecule has 3 nitrogen and oxygen atoms in total. The van der Waals surface area contributed by atoms with E-state index in [0.29, 0.717) is 5.92 Å². The van der Waals surface area contributed by atoms with E-state index in [4.69, 9.17) is 4.74 Å². The van der Waals surface area contributed by atoms with Gasteiger partial charge in [0.2, 0.25) is 0 Å². The van der Waals surface area contributed by atoms with E-state index in [1.807, 2.05) is 60.7 Å². The minimum absolute atomic E-state index is 0.145. The van der Waals surface area contributed by atoms with E-state index in [-0.39, 0.29) is 5.91 Å². The molecule has 3 rings (SSSR count). The lowest BCUT2D eigenvalue weighted by Gasteiger charge is -2.19. The van der Waals surface area contributed by atoms with Crippen molar-refractivity contribution in [3.05, 3.63) is 72.3 Å². The van der Waals surface area contributed by atoms with E-state index in [0.717, 1.165) is 34.2 Å². The third-order valence-electron chi connectivity index (χ3n) is 4.78. The monoisotopic (exact) mass is 347 g/mol. The van der Waals surface area contributed by atoms with Crippen molar-refractivity contribution in [3.63, 3.8) is 0 Å². The molecule has 26 heavy (non-hydrogen) atoms. The van der Waals surface area contributed by atoms with Gasteiger partial charge >= 0.3 is 0 Å². The summed E-state index contributed by atoms with van der Waals surface area (Å²) in [6, 6.07) is 21.9. The molecule has 0 radical (unpaired) electrons. The first-order valence-corrected chi connectivity index (χ1v) is 9.14. The lowest BCUT2D eigenvalue weighted by Crippen LogP contribution is -2.30. The van der Waals surface area contributed by atoms with Gasteiger partial charge in [-0.2, -0.15) is 0 Å². The Hall–Kier alpha value is -2.81. The summed E-state index contributed by atoms with van der Waals surface area (Å²) in [5.41, 5.74) is 2.01. The van der Waals surface area contributed by atoms with Crippen LogP contribution in [0.1, 0.15) is 38.7 Å². The molecule has 0 saturated heterocycles. The summed E-state index contributed by atoms with van der Waals surface area (Å²) in [5, 5.41) is 5.14. The van der Waals surface area contributed by atoms with E-state index in [2.05, 4.69) is 25.2 Å². The minimum Gasteiger partial charge on any atom is -0.480 e. The average Bonchev–Trinajstić information content (AvgIpc) is 2.68. The van der Waals surface area contributed by atoms with Gasteiger partial charge in [-0.25, -0.2) is 0 Å². The highest BCUT2D eigenvalue weighted by atomic mass is 16.5. The summed E-state index contributed by atoms with van der Waals surface area (Å²) in [7, 11) is 0. The number of nitrogens with one attached hydrogen (secondary N) is 1. The fourth-order valence-electron chi connectivity index (χ4n) is 3.04. The van der Waals surface area contributed by atoms with E-state index in [1.54, 1.807) is 6.92 Å². The second-order valence-electron chi connectivity index (χ2n) is 6.62. The third kappa shape index (κ3) is 3.88. The number of benzene rings is 3. The first kappa shape index (κ1) is 18.0. The molecule has 134 valence electrons.